The molecular formula is C58H38N4. The van der Waals surface area contributed by atoms with Gasteiger partial charge in [-0.15, -0.1) is 0 Å². The van der Waals surface area contributed by atoms with E-state index in [1.54, 1.807) is 0 Å². The molecule has 0 saturated carbocycles. The number of aromatic nitrogens is 4. The molecule has 0 atom stereocenters. The van der Waals surface area contributed by atoms with E-state index in [1.807, 2.05) is 12.1 Å². The van der Waals surface area contributed by atoms with Gasteiger partial charge in [0.2, 0.25) is 0 Å². The normalized spacial score (nSPS) is 11.5. The third-order valence-electron chi connectivity index (χ3n) is 12.1. The predicted octanol–water partition coefficient (Wildman–Crippen LogP) is 15.0. The van der Waals surface area contributed by atoms with Crippen molar-refractivity contribution in [3.8, 4) is 67.5 Å². The van der Waals surface area contributed by atoms with Crippen LogP contribution in [-0.4, -0.2) is 19.1 Å². The number of hydrogen-bond acceptors (Lipinski definition) is 2. The Morgan fingerprint density at radius 2 is 0.661 bits per heavy atom. The van der Waals surface area contributed by atoms with Gasteiger partial charge in [-0.25, -0.2) is 9.97 Å². The molecule has 4 heteroatoms. The monoisotopic (exact) mass is 790 g/mol. The van der Waals surface area contributed by atoms with Crippen LogP contribution in [0.5, 0.6) is 0 Å². The fourth-order valence-corrected chi connectivity index (χ4v) is 9.20. The lowest BCUT2D eigenvalue weighted by molar-refractivity contribution is 1.14. The van der Waals surface area contributed by atoms with Gasteiger partial charge >= 0.3 is 0 Å². The maximum Gasteiger partial charge on any atom is 0.160 e. The summed E-state index contributed by atoms with van der Waals surface area (Å²) in [6, 6.07) is 82.1. The molecule has 3 aromatic heterocycles. The lowest BCUT2D eigenvalue weighted by atomic mass is 10.0. The van der Waals surface area contributed by atoms with Crippen LogP contribution >= 0.6 is 0 Å². The molecule has 0 aliphatic carbocycles. The highest BCUT2D eigenvalue weighted by atomic mass is 15.0. The number of para-hydroxylation sites is 2. The quantitative estimate of drug-likeness (QED) is 0.161. The first kappa shape index (κ1) is 35.6. The zero-order chi connectivity index (χ0) is 41.0. The van der Waals surface area contributed by atoms with E-state index in [4.69, 9.17) is 9.97 Å². The molecule has 0 bridgehead atoms. The lowest BCUT2D eigenvalue weighted by Gasteiger charge is -2.14. The molecule has 0 radical (unpaired) electrons. The zero-order valence-electron chi connectivity index (χ0n) is 33.7. The highest BCUT2D eigenvalue weighted by Gasteiger charge is 2.22. The topological polar surface area (TPSA) is 35.6 Å². The summed E-state index contributed by atoms with van der Waals surface area (Å²) in [4.78, 5) is 10.4. The van der Waals surface area contributed by atoms with E-state index >= 15 is 0 Å². The summed E-state index contributed by atoms with van der Waals surface area (Å²) in [6.45, 7) is 0. The van der Waals surface area contributed by atoms with Gasteiger partial charge in [0.25, 0.3) is 0 Å². The standard InChI is InChI=1S/C58H38N4/c1-4-15-39(16-5-1)40-27-29-41(30-28-40)42-31-33-46(34-32-42)61-54-25-12-10-23-48(54)50-35-36-51-49-24-11-13-26-55(49)62(57(51)56(50)61)47-22-14-21-45(37-47)58-59-52(43-17-6-2-7-18-43)38-53(60-58)44-19-8-3-9-20-44/h1-38H. The van der Waals surface area contributed by atoms with Crippen LogP contribution in [0.2, 0.25) is 0 Å². The molecule has 4 nitrogen and oxygen atoms in total. The molecule has 0 N–H and O–H groups in total. The molecule has 12 aromatic rings. The van der Waals surface area contributed by atoms with Gasteiger partial charge in [0.15, 0.2) is 5.82 Å². The van der Waals surface area contributed by atoms with E-state index in [-0.39, 0.29) is 0 Å². The molecule has 0 aliphatic rings. The third-order valence-corrected chi connectivity index (χ3v) is 12.1. The average Bonchev–Trinajstić information content (AvgIpc) is 3.88. The SMILES string of the molecule is c1ccc(-c2ccc(-c3ccc(-n4c5ccccc5c5ccc6c7ccccc7n(-c7cccc(-c8nc(-c9ccccc9)cc(-c9ccccc9)n8)c7)c6c54)cc3)cc2)cc1. The first-order valence-corrected chi connectivity index (χ1v) is 21.1. The summed E-state index contributed by atoms with van der Waals surface area (Å²) in [5, 5.41) is 4.83. The van der Waals surface area contributed by atoms with Crippen molar-refractivity contribution in [2.75, 3.05) is 0 Å². The molecule has 0 saturated heterocycles. The van der Waals surface area contributed by atoms with Crippen LogP contribution in [0.15, 0.2) is 231 Å². The second kappa shape index (κ2) is 14.7. The second-order valence-corrected chi connectivity index (χ2v) is 15.8. The average molecular weight is 791 g/mol. The molecule has 62 heavy (non-hydrogen) atoms. The first-order valence-electron chi connectivity index (χ1n) is 21.1. The molecule has 12 rings (SSSR count). The van der Waals surface area contributed by atoms with Gasteiger partial charge in [-0.1, -0.05) is 188 Å². The number of nitrogens with zero attached hydrogens (tertiary/aromatic N) is 4. The summed E-state index contributed by atoms with van der Waals surface area (Å²) in [5.74, 6) is 0.682. The Bertz CT molecular complexity index is 3530. The van der Waals surface area contributed by atoms with E-state index in [2.05, 4.69) is 228 Å². The van der Waals surface area contributed by atoms with E-state index in [9.17, 15) is 0 Å². The summed E-state index contributed by atoms with van der Waals surface area (Å²) < 4.78 is 4.89. The molecule has 0 amide bonds. The number of rotatable bonds is 7. The van der Waals surface area contributed by atoms with Gasteiger partial charge in [-0.3, -0.25) is 0 Å². The summed E-state index contributed by atoms with van der Waals surface area (Å²) in [7, 11) is 0. The Balaban J connectivity index is 1.05. The Hall–Kier alpha value is -8.34. The van der Waals surface area contributed by atoms with Crippen molar-refractivity contribution in [1.82, 2.24) is 19.1 Å². The molecular weight excluding hydrogens is 753 g/mol. The van der Waals surface area contributed by atoms with Crippen LogP contribution in [0.25, 0.3) is 111 Å². The minimum atomic E-state index is 0.682. The van der Waals surface area contributed by atoms with Gasteiger partial charge in [0, 0.05) is 49.6 Å². The van der Waals surface area contributed by atoms with Gasteiger partial charge in [0.05, 0.1) is 33.5 Å². The fraction of sp³-hybridized carbons (Fsp3) is 0. The summed E-state index contributed by atoms with van der Waals surface area (Å²) >= 11 is 0. The highest BCUT2D eigenvalue weighted by Crippen LogP contribution is 2.42. The van der Waals surface area contributed by atoms with E-state index < -0.39 is 0 Å². The molecule has 0 aliphatic heterocycles. The Labute approximate surface area is 359 Å². The number of benzene rings is 9. The van der Waals surface area contributed by atoms with Crippen LogP contribution in [0.1, 0.15) is 0 Å². The van der Waals surface area contributed by atoms with E-state index in [0.717, 1.165) is 50.5 Å². The van der Waals surface area contributed by atoms with Crippen LogP contribution in [0.4, 0.5) is 0 Å². The van der Waals surface area contributed by atoms with Crippen LogP contribution in [0.3, 0.4) is 0 Å². The molecule has 0 fully saturated rings. The third kappa shape index (κ3) is 6.00. The number of fused-ring (bicyclic) bond motifs is 7. The summed E-state index contributed by atoms with van der Waals surface area (Å²) in [5.41, 5.74) is 16.4. The molecule has 3 heterocycles. The van der Waals surface area contributed by atoms with Crippen LogP contribution < -0.4 is 0 Å². The van der Waals surface area contributed by atoms with Gasteiger partial charge < -0.3 is 9.13 Å². The van der Waals surface area contributed by atoms with Crippen molar-refractivity contribution in [2.45, 2.75) is 0 Å². The van der Waals surface area contributed by atoms with Crippen molar-refractivity contribution in [2.24, 2.45) is 0 Å². The lowest BCUT2D eigenvalue weighted by Crippen LogP contribution is -2.00. The Morgan fingerprint density at radius 3 is 1.18 bits per heavy atom. The van der Waals surface area contributed by atoms with E-state index in [1.165, 1.54) is 54.8 Å². The molecule has 290 valence electrons. The first-order chi connectivity index (χ1) is 30.7. The Kier molecular flexibility index (Phi) is 8.46. The Morgan fingerprint density at radius 1 is 0.258 bits per heavy atom. The molecule has 9 aromatic carbocycles. The van der Waals surface area contributed by atoms with Crippen molar-refractivity contribution < 1.29 is 0 Å². The van der Waals surface area contributed by atoms with Crippen LogP contribution in [-0.2, 0) is 0 Å². The second-order valence-electron chi connectivity index (χ2n) is 15.8. The minimum Gasteiger partial charge on any atom is -0.307 e. The van der Waals surface area contributed by atoms with Crippen LogP contribution in [0, 0.1) is 0 Å². The fourth-order valence-electron chi connectivity index (χ4n) is 9.20. The van der Waals surface area contributed by atoms with E-state index in [0.29, 0.717) is 5.82 Å². The minimum absolute atomic E-state index is 0.682. The number of hydrogen-bond donors (Lipinski definition) is 0. The maximum absolute atomic E-state index is 5.20. The van der Waals surface area contributed by atoms with Crippen molar-refractivity contribution in [3.05, 3.63) is 231 Å². The predicted molar refractivity (Wildman–Crippen MR) is 258 cm³/mol. The highest BCUT2D eigenvalue weighted by molar-refractivity contribution is 6.23. The smallest absolute Gasteiger partial charge is 0.160 e. The van der Waals surface area contributed by atoms with Gasteiger partial charge in [-0.05, 0) is 64.7 Å². The van der Waals surface area contributed by atoms with Gasteiger partial charge in [0.1, 0.15) is 0 Å². The zero-order valence-corrected chi connectivity index (χ0v) is 33.7. The molecule has 0 unspecified atom stereocenters. The summed E-state index contributed by atoms with van der Waals surface area (Å²) in [6.07, 6.45) is 0. The maximum atomic E-state index is 5.20. The van der Waals surface area contributed by atoms with Gasteiger partial charge in [-0.2, -0.15) is 0 Å². The van der Waals surface area contributed by atoms with Crippen molar-refractivity contribution >= 4 is 43.6 Å². The molecule has 0 spiro atoms. The van der Waals surface area contributed by atoms with Crippen molar-refractivity contribution in [3.63, 3.8) is 0 Å². The largest absolute Gasteiger partial charge is 0.307 e. The van der Waals surface area contributed by atoms with Crippen molar-refractivity contribution in [1.29, 1.82) is 0 Å².